The van der Waals surface area contributed by atoms with Crippen molar-refractivity contribution in [1.82, 2.24) is 19.6 Å². The lowest BCUT2D eigenvalue weighted by atomic mass is 10.1. The van der Waals surface area contributed by atoms with Crippen molar-refractivity contribution in [3.8, 4) is 5.69 Å². The Morgan fingerprint density at radius 1 is 1.31 bits per heavy atom. The van der Waals surface area contributed by atoms with E-state index in [1.165, 1.54) is 12.3 Å². The molecule has 1 fully saturated rings. The van der Waals surface area contributed by atoms with E-state index in [0.29, 0.717) is 31.7 Å². The van der Waals surface area contributed by atoms with E-state index in [9.17, 15) is 13.6 Å². The quantitative estimate of drug-likeness (QED) is 0.895. The largest absolute Gasteiger partial charge is 0.395 e. The summed E-state index contributed by atoms with van der Waals surface area (Å²) in [6.45, 7) is 6.04. The maximum atomic E-state index is 14.0. The third-order valence-corrected chi connectivity index (χ3v) is 4.71. The highest BCUT2D eigenvalue weighted by Gasteiger charge is 2.29. The Morgan fingerprint density at radius 3 is 2.62 bits per heavy atom. The molecule has 8 heteroatoms. The number of aryl methyl sites for hydroxylation is 1. The Labute approximate surface area is 150 Å². The van der Waals surface area contributed by atoms with Gasteiger partial charge in [-0.05, 0) is 26.0 Å². The summed E-state index contributed by atoms with van der Waals surface area (Å²) >= 11 is 0. The molecule has 1 aromatic carbocycles. The Balaban J connectivity index is 1.83. The molecule has 1 N–H and O–H groups in total. The van der Waals surface area contributed by atoms with Crippen molar-refractivity contribution in [3.05, 3.63) is 47.3 Å². The molecule has 1 atom stereocenters. The molecule has 0 aliphatic carbocycles. The molecule has 2 heterocycles. The lowest BCUT2D eigenvalue weighted by molar-refractivity contribution is 0.0464. The molecule has 1 aromatic heterocycles. The number of aromatic nitrogens is 2. The van der Waals surface area contributed by atoms with Crippen LogP contribution in [0.1, 0.15) is 23.0 Å². The predicted octanol–water partition coefficient (Wildman–Crippen LogP) is 1.60. The van der Waals surface area contributed by atoms with Crippen LogP contribution in [0.25, 0.3) is 5.69 Å². The maximum absolute atomic E-state index is 14.0. The fourth-order valence-corrected chi connectivity index (χ4v) is 3.28. The standard InChI is InChI=1S/C18H22F2N4O2/c1-12-10-24(17-14(19)4-3-5-15(17)20)21-16(12)18(26)23-7-6-22(8-9-25)13(2)11-23/h3-5,10,13,25H,6-9,11H2,1-2H3/t13-/m0/s1. The van der Waals surface area contributed by atoms with Crippen molar-refractivity contribution in [2.45, 2.75) is 19.9 Å². The summed E-state index contributed by atoms with van der Waals surface area (Å²) < 4.78 is 29.0. The minimum Gasteiger partial charge on any atom is -0.395 e. The average Bonchev–Trinajstić information content (AvgIpc) is 2.97. The number of benzene rings is 1. The second kappa shape index (κ2) is 7.51. The predicted molar refractivity (Wildman–Crippen MR) is 92.2 cm³/mol. The van der Waals surface area contributed by atoms with Crippen molar-refractivity contribution in [3.63, 3.8) is 0 Å². The molecular formula is C18H22F2N4O2. The topological polar surface area (TPSA) is 61.6 Å². The number of nitrogens with zero attached hydrogens (tertiary/aromatic N) is 4. The average molecular weight is 364 g/mol. The van der Waals surface area contributed by atoms with Gasteiger partial charge in [-0.1, -0.05) is 6.07 Å². The normalized spacial score (nSPS) is 18.3. The molecule has 0 saturated carbocycles. The number of hydrogen-bond donors (Lipinski definition) is 1. The fourth-order valence-electron chi connectivity index (χ4n) is 3.28. The number of hydrogen-bond acceptors (Lipinski definition) is 4. The molecule has 0 unspecified atom stereocenters. The van der Waals surface area contributed by atoms with Gasteiger partial charge in [0.1, 0.15) is 5.69 Å². The van der Waals surface area contributed by atoms with Crippen LogP contribution in [0, 0.1) is 18.6 Å². The smallest absolute Gasteiger partial charge is 0.274 e. The number of rotatable bonds is 4. The minimum absolute atomic E-state index is 0.0794. The molecule has 1 aliphatic heterocycles. The summed E-state index contributed by atoms with van der Waals surface area (Å²) in [6.07, 6.45) is 1.46. The van der Waals surface area contributed by atoms with Crippen LogP contribution in [-0.4, -0.2) is 69.4 Å². The number of para-hydroxylation sites is 1. The van der Waals surface area contributed by atoms with Crippen LogP contribution in [0.2, 0.25) is 0 Å². The first-order chi connectivity index (χ1) is 12.4. The van der Waals surface area contributed by atoms with Gasteiger partial charge < -0.3 is 10.0 Å². The zero-order valence-electron chi connectivity index (χ0n) is 14.8. The summed E-state index contributed by atoms with van der Waals surface area (Å²) in [6, 6.07) is 3.70. The van der Waals surface area contributed by atoms with E-state index in [2.05, 4.69) is 10.00 Å². The highest BCUT2D eigenvalue weighted by Crippen LogP contribution is 2.20. The SMILES string of the molecule is Cc1cn(-c2c(F)cccc2F)nc1C(=O)N1CCN(CCO)[C@@H](C)C1. The summed E-state index contributed by atoms with van der Waals surface area (Å²) in [5.74, 6) is -1.73. The zero-order valence-corrected chi connectivity index (χ0v) is 14.8. The highest BCUT2D eigenvalue weighted by molar-refractivity contribution is 5.93. The number of β-amino-alcohol motifs (C(OH)–C–C–N with tert-alkyl or cyclic N) is 1. The molecule has 1 saturated heterocycles. The van der Waals surface area contributed by atoms with Crippen LogP contribution in [0.15, 0.2) is 24.4 Å². The Morgan fingerprint density at radius 2 is 2.00 bits per heavy atom. The Kier molecular flexibility index (Phi) is 5.33. The lowest BCUT2D eigenvalue weighted by Gasteiger charge is -2.39. The maximum Gasteiger partial charge on any atom is 0.274 e. The van der Waals surface area contributed by atoms with Crippen molar-refractivity contribution in [1.29, 1.82) is 0 Å². The molecule has 1 aliphatic rings. The van der Waals surface area contributed by atoms with Crippen LogP contribution in [0.4, 0.5) is 8.78 Å². The van der Waals surface area contributed by atoms with E-state index >= 15 is 0 Å². The van der Waals surface area contributed by atoms with E-state index < -0.39 is 11.6 Å². The number of amides is 1. The Hall–Kier alpha value is -2.32. The summed E-state index contributed by atoms with van der Waals surface area (Å²) in [7, 11) is 0. The third kappa shape index (κ3) is 3.47. The van der Waals surface area contributed by atoms with Crippen LogP contribution < -0.4 is 0 Å². The summed E-state index contributed by atoms with van der Waals surface area (Å²) in [5, 5.41) is 13.2. The van der Waals surface area contributed by atoms with Crippen LogP contribution >= 0.6 is 0 Å². The minimum atomic E-state index is -0.738. The van der Waals surface area contributed by atoms with Crippen molar-refractivity contribution >= 4 is 5.91 Å². The number of carbonyl (C=O) groups excluding carboxylic acids is 1. The highest BCUT2D eigenvalue weighted by atomic mass is 19.1. The van der Waals surface area contributed by atoms with E-state index in [4.69, 9.17) is 5.11 Å². The van der Waals surface area contributed by atoms with E-state index in [1.807, 2.05) is 6.92 Å². The van der Waals surface area contributed by atoms with Gasteiger partial charge in [0.05, 0.1) is 6.61 Å². The molecule has 6 nitrogen and oxygen atoms in total. The van der Waals surface area contributed by atoms with Crippen LogP contribution in [0.5, 0.6) is 0 Å². The van der Waals surface area contributed by atoms with Crippen molar-refractivity contribution in [2.75, 3.05) is 32.8 Å². The van der Waals surface area contributed by atoms with Gasteiger partial charge in [0, 0.05) is 44.0 Å². The molecule has 0 bridgehead atoms. The number of piperazine rings is 1. The van der Waals surface area contributed by atoms with Crippen LogP contribution in [0.3, 0.4) is 0 Å². The fraction of sp³-hybridized carbons (Fsp3) is 0.444. The molecule has 1 amide bonds. The van der Waals surface area contributed by atoms with Gasteiger partial charge in [0.2, 0.25) is 0 Å². The first-order valence-electron chi connectivity index (χ1n) is 8.57. The van der Waals surface area contributed by atoms with E-state index in [0.717, 1.165) is 16.8 Å². The Bertz CT molecular complexity index is 788. The molecule has 2 aromatic rings. The monoisotopic (exact) mass is 364 g/mol. The zero-order chi connectivity index (χ0) is 18.8. The lowest BCUT2D eigenvalue weighted by Crippen LogP contribution is -2.54. The van der Waals surface area contributed by atoms with E-state index in [-0.39, 0.29) is 29.9 Å². The second-order valence-electron chi connectivity index (χ2n) is 6.54. The number of aliphatic hydroxyl groups is 1. The number of aliphatic hydroxyl groups excluding tert-OH is 1. The van der Waals surface area contributed by atoms with Crippen molar-refractivity contribution in [2.24, 2.45) is 0 Å². The van der Waals surface area contributed by atoms with Gasteiger partial charge >= 0.3 is 0 Å². The van der Waals surface area contributed by atoms with E-state index in [1.54, 1.807) is 11.8 Å². The summed E-state index contributed by atoms with van der Waals surface area (Å²) in [4.78, 5) is 16.6. The molecule has 0 radical (unpaired) electrons. The number of halogens is 2. The van der Waals surface area contributed by atoms with Gasteiger partial charge in [-0.3, -0.25) is 9.69 Å². The first kappa shape index (κ1) is 18.5. The molecule has 0 spiro atoms. The van der Waals surface area contributed by atoms with Gasteiger partial charge in [-0.15, -0.1) is 0 Å². The first-order valence-corrected chi connectivity index (χ1v) is 8.57. The molecule has 140 valence electrons. The third-order valence-electron chi connectivity index (χ3n) is 4.71. The molecule has 26 heavy (non-hydrogen) atoms. The summed E-state index contributed by atoms with van der Waals surface area (Å²) in [5.41, 5.74) is 0.453. The van der Waals surface area contributed by atoms with Crippen molar-refractivity contribution < 1.29 is 18.7 Å². The van der Waals surface area contributed by atoms with Crippen LogP contribution in [-0.2, 0) is 0 Å². The van der Waals surface area contributed by atoms with Gasteiger partial charge in [0.15, 0.2) is 17.3 Å². The van der Waals surface area contributed by atoms with Gasteiger partial charge in [0.25, 0.3) is 5.91 Å². The number of carbonyl (C=O) groups is 1. The van der Waals surface area contributed by atoms with Gasteiger partial charge in [-0.25, -0.2) is 13.5 Å². The van der Waals surface area contributed by atoms with Gasteiger partial charge in [-0.2, -0.15) is 5.10 Å². The molecule has 3 rings (SSSR count). The second-order valence-corrected chi connectivity index (χ2v) is 6.54. The molecular weight excluding hydrogens is 342 g/mol.